The van der Waals surface area contributed by atoms with E-state index in [0.717, 1.165) is 0 Å². The van der Waals surface area contributed by atoms with E-state index in [2.05, 4.69) is 11.4 Å². The van der Waals surface area contributed by atoms with Gasteiger partial charge in [0, 0.05) is 5.54 Å². The van der Waals surface area contributed by atoms with Crippen LogP contribution in [0.3, 0.4) is 0 Å². The topological polar surface area (TPSA) is 35.8 Å². The van der Waals surface area contributed by atoms with Crippen molar-refractivity contribution >= 4 is 0 Å². The molecule has 0 bridgehead atoms. The molecule has 0 rings (SSSR count). The molecule has 2 nitrogen and oxygen atoms in total. The van der Waals surface area contributed by atoms with Crippen molar-refractivity contribution in [3.8, 4) is 6.07 Å². The predicted molar refractivity (Wildman–Crippen MR) is 42.3 cm³/mol. The summed E-state index contributed by atoms with van der Waals surface area (Å²) in [5.74, 6) is 0. The van der Waals surface area contributed by atoms with Crippen LogP contribution in [0, 0.1) is 11.3 Å². The van der Waals surface area contributed by atoms with E-state index in [-0.39, 0.29) is 5.54 Å². The smallest absolute Gasteiger partial charge is 0.117 e. The van der Waals surface area contributed by atoms with Crippen LogP contribution in [-0.2, 0) is 0 Å². The van der Waals surface area contributed by atoms with Crippen LogP contribution in [0.25, 0.3) is 0 Å². The number of hydrogen-bond acceptors (Lipinski definition) is 2. The molecule has 0 aliphatic rings. The number of allylic oxidation sites excluding steroid dienone is 2. The zero-order valence-corrected chi connectivity index (χ0v) is 7.02. The van der Waals surface area contributed by atoms with E-state index in [0.29, 0.717) is 5.70 Å². The molecule has 0 aromatic heterocycles. The Morgan fingerprint density at radius 1 is 1.50 bits per heavy atom. The van der Waals surface area contributed by atoms with Crippen molar-refractivity contribution < 1.29 is 0 Å². The van der Waals surface area contributed by atoms with Gasteiger partial charge in [-0.15, -0.1) is 0 Å². The molecule has 0 aliphatic carbocycles. The van der Waals surface area contributed by atoms with Crippen LogP contribution < -0.4 is 5.32 Å². The molecular weight excluding hydrogens is 124 g/mol. The Labute approximate surface area is 62.5 Å². The third-order valence-electron chi connectivity index (χ3n) is 0.919. The van der Waals surface area contributed by atoms with Gasteiger partial charge < -0.3 is 5.32 Å². The Hall–Kier alpha value is -0.970. The van der Waals surface area contributed by atoms with Gasteiger partial charge >= 0.3 is 0 Å². The van der Waals surface area contributed by atoms with Crippen molar-refractivity contribution in [2.75, 3.05) is 0 Å². The van der Waals surface area contributed by atoms with Crippen molar-refractivity contribution in [1.29, 1.82) is 5.26 Å². The Balaban J connectivity index is 4.05. The van der Waals surface area contributed by atoms with Crippen LogP contribution in [0.1, 0.15) is 27.7 Å². The molecule has 0 atom stereocenters. The molecule has 0 aliphatic heterocycles. The van der Waals surface area contributed by atoms with Gasteiger partial charge in [-0.05, 0) is 27.7 Å². The van der Waals surface area contributed by atoms with Gasteiger partial charge in [-0.3, -0.25) is 0 Å². The second-order valence-corrected chi connectivity index (χ2v) is 3.19. The first-order valence-electron chi connectivity index (χ1n) is 3.34. The van der Waals surface area contributed by atoms with E-state index in [1.807, 2.05) is 27.7 Å². The van der Waals surface area contributed by atoms with Gasteiger partial charge in [0.1, 0.15) is 11.8 Å². The molecule has 56 valence electrons. The Bertz CT molecular complexity index is 167. The Kier molecular flexibility index (Phi) is 2.95. The molecule has 0 fully saturated rings. The summed E-state index contributed by atoms with van der Waals surface area (Å²) in [6, 6.07) is 2.06. The van der Waals surface area contributed by atoms with E-state index in [4.69, 9.17) is 5.26 Å². The fourth-order valence-corrected chi connectivity index (χ4v) is 0.569. The number of nitriles is 1. The maximum absolute atomic E-state index is 8.51. The van der Waals surface area contributed by atoms with Crippen molar-refractivity contribution in [2.45, 2.75) is 33.2 Å². The molecule has 1 N–H and O–H groups in total. The average molecular weight is 138 g/mol. The zero-order valence-electron chi connectivity index (χ0n) is 7.02. The van der Waals surface area contributed by atoms with E-state index >= 15 is 0 Å². The fraction of sp³-hybridized carbons (Fsp3) is 0.625. The fourth-order valence-electron chi connectivity index (χ4n) is 0.569. The summed E-state index contributed by atoms with van der Waals surface area (Å²) in [5.41, 5.74) is 0.616. The van der Waals surface area contributed by atoms with Gasteiger partial charge in [0.25, 0.3) is 0 Å². The molecule has 0 aromatic carbocycles. The highest BCUT2D eigenvalue weighted by Crippen LogP contribution is 2.01. The summed E-state index contributed by atoms with van der Waals surface area (Å²) < 4.78 is 0. The summed E-state index contributed by atoms with van der Waals surface area (Å²) >= 11 is 0. The summed E-state index contributed by atoms with van der Waals surface area (Å²) in [5, 5.41) is 11.6. The second-order valence-electron chi connectivity index (χ2n) is 3.19. The minimum Gasteiger partial charge on any atom is -0.372 e. The van der Waals surface area contributed by atoms with Gasteiger partial charge in [0.2, 0.25) is 0 Å². The molecule has 10 heavy (non-hydrogen) atoms. The number of hydrogen-bond donors (Lipinski definition) is 1. The monoisotopic (exact) mass is 138 g/mol. The lowest BCUT2D eigenvalue weighted by Gasteiger charge is -2.20. The standard InChI is InChI=1S/C8H14N2/c1-5-7(6-9)10-8(2,3)4/h5,10H,1-4H3/b7-5+. The molecule has 0 unspecified atom stereocenters. The molecule has 0 radical (unpaired) electrons. The van der Waals surface area contributed by atoms with Crippen LogP contribution in [0.2, 0.25) is 0 Å². The highest BCUT2D eigenvalue weighted by molar-refractivity contribution is 5.18. The Morgan fingerprint density at radius 3 is 2.10 bits per heavy atom. The molecule has 2 heteroatoms. The van der Waals surface area contributed by atoms with Crippen molar-refractivity contribution in [2.24, 2.45) is 0 Å². The normalized spacial score (nSPS) is 12.5. The molecule has 0 spiro atoms. The highest BCUT2D eigenvalue weighted by Gasteiger charge is 2.09. The quantitative estimate of drug-likeness (QED) is 0.561. The molecule has 0 aromatic rings. The summed E-state index contributed by atoms with van der Waals surface area (Å²) in [6.45, 7) is 7.91. The number of nitrogens with one attached hydrogen (secondary N) is 1. The summed E-state index contributed by atoms with van der Waals surface area (Å²) in [7, 11) is 0. The zero-order chi connectivity index (χ0) is 8.20. The first-order chi connectivity index (χ1) is 4.49. The molecule has 0 heterocycles. The van der Waals surface area contributed by atoms with Crippen LogP contribution in [0.4, 0.5) is 0 Å². The first-order valence-corrected chi connectivity index (χ1v) is 3.34. The van der Waals surface area contributed by atoms with Crippen LogP contribution >= 0.6 is 0 Å². The Morgan fingerprint density at radius 2 is 2.00 bits per heavy atom. The first kappa shape index (κ1) is 9.03. The molecule has 0 amide bonds. The number of nitrogens with zero attached hydrogens (tertiary/aromatic N) is 1. The maximum Gasteiger partial charge on any atom is 0.117 e. The maximum atomic E-state index is 8.51. The third-order valence-corrected chi connectivity index (χ3v) is 0.919. The lowest BCUT2D eigenvalue weighted by Crippen LogP contribution is -2.34. The molecule has 0 saturated carbocycles. The third kappa shape index (κ3) is 3.96. The van der Waals surface area contributed by atoms with Crippen LogP contribution in [0.5, 0.6) is 0 Å². The predicted octanol–water partition coefficient (Wildman–Crippen LogP) is 1.80. The van der Waals surface area contributed by atoms with Gasteiger partial charge in [-0.25, -0.2) is 0 Å². The lowest BCUT2D eigenvalue weighted by atomic mass is 10.1. The SMILES string of the molecule is C/C=C(\C#N)NC(C)(C)C. The largest absolute Gasteiger partial charge is 0.372 e. The van der Waals surface area contributed by atoms with Crippen molar-refractivity contribution in [3.05, 3.63) is 11.8 Å². The molecular formula is C8H14N2. The van der Waals surface area contributed by atoms with Crippen LogP contribution in [0.15, 0.2) is 11.8 Å². The minimum atomic E-state index is -0.0163. The van der Waals surface area contributed by atoms with Gasteiger partial charge in [-0.1, -0.05) is 6.08 Å². The number of rotatable bonds is 1. The van der Waals surface area contributed by atoms with Gasteiger partial charge in [0.05, 0.1) is 0 Å². The lowest BCUT2D eigenvalue weighted by molar-refractivity contribution is 0.480. The van der Waals surface area contributed by atoms with E-state index in [1.165, 1.54) is 0 Å². The van der Waals surface area contributed by atoms with E-state index < -0.39 is 0 Å². The van der Waals surface area contributed by atoms with Crippen molar-refractivity contribution in [1.82, 2.24) is 5.32 Å². The second kappa shape index (κ2) is 3.26. The molecule has 0 saturated heterocycles. The van der Waals surface area contributed by atoms with Crippen molar-refractivity contribution in [3.63, 3.8) is 0 Å². The van der Waals surface area contributed by atoms with Crippen LogP contribution in [-0.4, -0.2) is 5.54 Å². The van der Waals surface area contributed by atoms with Gasteiger partial charge in [-0.2, -0.15) is 5.26 Å². The van der Waals surface area contributed by atoms with E-state index in [1.54, 1.807) is 6.08 Å². The van der Waals surface area contributed by atoms with Gasteiger partial charge in [0.15, 0.2) is 0 Å². The minimum absolute atomic E-state index is 0.0163. The highest BCUT2D eigenvalue weighted by atomic mass is 15.0. The summed E-state index contributed by atoms with van der Waals surface area (Å²) in [4.78, 5) is 0. The summed E-state index contributed by atoms with van der Waals surface area (Å²) in [6.07, 6.45) is 1.77. The van der Waals surface area contributed by atoms with E-state index in [9.17, 15) is 0 Å². The average Bonchev–Trinajstić information content (AvgIpc) is 1.81.